The number of H-pyrrole nitrogens is 1. The summed E-state index contributed by atoms with van der Waals surface area (Å²) in [5.41, 5.74) is 6.78. The maximum Gasteiger partial charge on any atom is 0.188 e. The Kier molecular flexibility index (Phi) is 6.53. The number of aromatic amines is 1. The Balaban J connectivity index is 1.36. The van der Waals surface area contributed by atoms with Crippen molar-refractivity contribution in [1.82, 2.24) is 29.9 Å². The van der Waals surface area contributed by atoms with Crippen LogP contribution >= 0.6 is 0 Å². The van der Waals surface area contributed by atoms with E-state index < -0.39 is 0 Å². The maximum atomic E-state index is 15.9. The van der Waals surface area contributed by atoms with Gasteiger partial charge in [-0.05, 0) is 51.7 Å². The van der Waals surface area contributed by atoms with E-state index in [4.69, 9.17) is 19.8 Å². The van der Waals surface area contributed by atoms with E-state index in [1.54, 1.807) is 0 Å². The van der Waals surface area contributed by atoms with Gasteiger partial charge in [0.05, 0.1) is 17.3 Å². The quantitative estimate of drug-likeness (QED) is 0.318. The predicted octanol–water partition coefficient (Wildman–Crippen LogP) is 5.68. The van der Waals surface area contributed by atoms with Crippen molar-refractivity contribution in [3.05, 3.63) is 46.2 Å². The minimum Gasteiger partial charge on any atom is -0.381 e. The minimum absolute atomic E-state index is 0.0530. The molecule has 1 aromatic carbocycles. The van der Waals surface area contributed by atoms with Gasteiger partial charge in [0.2, 0.25) is 0 Å². The second-order valence-electron chi connectivity index (χ2n) is 13.0. The van der Waals surface area contributed by atoms with E-state index in [9.17, 15) is 0 Å². The van der Waals surface area contributed by atoms with Gasteiger partial charge < -0.3 is 14.5 Å². The van der Waals surface area contributed by atoms with Crippen LogP contribution in [0, 0.1) is 25.1 Å². The van der Waals surface area contributed by atoms with Gasteiger partial charge in [0.15, 0.2) is 17.5 Å². The number of halogens is 1. The van der Waals surface area contributed by atoms with Gasteiger partial charge >= 0.3 is 0 Å². The zero-order valence-electron chi connectivity index (χ0n) is 25.6. The van der Waals surface area contributed by atoms with Crippen LogP contribution in [0.15, 0.2) is 12.1 Å². The zero-order chi connectivity index (χ0) is 29.3. The lowest BCUT2D eigenvalue weighted by Gasteiger charge is -2.45. The summed E-state index contributed by atoms with van der Waals surface area (Å²) >= 11 is 0. The number of aryl methyl sites for hydroxylation is 3. The summed E-state index contributed by atoms with van der Waals surface area (Å²) in [5.74, 6) is 2.40. The van der Waals surface area contributed by atoms with Crippen molar-refractivity contribution in [3.63, 3.8) is 0 Å². The molecular weight excluding hydrogens is 531 g/mol. The molecule has 9 nitrogen and oxygen atoms in total. The number of hydrogen-bond acceptors (Lipinski definition) is 7. The largest absolute Gasteiger partial charge is 0.381 e. The highest BCUT2D eigenvalue weighted by Gasteiger charge is 2.39. The molecule has 7 rings (SSSR count). The van der Waals surface area contributed by atoms with Gasteiger partial charge in [-0.1, -0.05) is 19.9 Å². The Bertz CT molecular complexity index is 1670. The average molecular weight is 573 g/mol. The first-order chi connectivity index (χ1) is 20.2. The van der Waals surface area contributed by atoms with Crippen LogP contribution in [0.3, 0.4) is 0 Å². The van der Waals surface area contributed by atoms with E-state index >= 15 is 4.39 Å². The number of piperidine rings is 1. The molecule has 0 spiro atoms. The molecule has 0 amide bonds. The van der Waals surface area contributed by atoms with Crippen LogP contribution in [-0.2, 0) is 24.2 Å². The maximum absolute atomic E-state index is 15.9. The van der Waals surface area contributed by atoms with Gasteiger partial charge in [0.1, 0.15) is 11.5 Å². The lowest BCUT2D eigenvalue weighted by Crippen LogP contribution is -2.50. The van der Waals surface area contributed by atoms with E-state index in [-0.39, 0.29) is 23.3 Å². The van der Waals surface area contributed by atoms with E-state index in [2.05, 4.69) is 53.8 Å². The van der Waals surface area contributed by atoms with Gasteiger partial charge in [-0.25, -0.2) is 19.0 Å². The van der Waals surface area contributed by atoms with Gasteiger partial charge in [0.25, 0.3) is 0 Å². The van der Waals surface area contributed by atoms with Crippen LogP contribution in [0.25, 0.3) is 22.3 Å². The molecule has 1 N–H and O–H groups in total. The van der Waals surface area contributed by atoms with Gasteiger partial charge in [0, 0.05) is 79.8 Å². The third kappa shape index (κ3) is 4.37. The molecule has 1 atom stereocenters. The van der Waals surface area contributed by atoms with Crippen LogP contribution in [0.1, 0.15) is 74.2 Å². The van der Waals surface area contributed by atoms with Crippen LogP contribution in [-0.4, -0.2) is 62.8 Å². The van der Waals surface area contributed by atoms with Gasteiger partial charge in [-0.15, -0.1) is 0 Å². The number of methoxy groups -OCH3 is 1. The highest BCUT2D eigenvalue weighted by molar-refractivity contribution is 5.96. The number of anilines is 2. The first kappa shape index (κ1) is 27.3. The highest BCUT2D eigenvalue weighted by Crippen LogP contribution is 2.44. The summed E-state index contributed by atoms with van der Waals surface area (Å²) in [6.07, 6.45) is 3.86. The second kappa shape index (κ2) is 10.0. The average Bonchev–Trinajstić information content (AvgIpc) is 3.67. The van der Waals surface area contributed by atoms with Crippen molar-refractivity contribution in [1.29, 1.82) is 0 Å². The summed E-state index contributed by atoms with van der Waals surface area (Å²) in [6, 6.07) is 4.15. The number of benzene rings is 1. The lowest BCUT2D eigenvalue weighted by atomic mass is 9.81. The van der Waals surface area contributed by atoms with Crippen molar-refractivity contribution in [2.45, 2.75) is 85.4 Å². The standard InChI is InChI=1S/C32H41FN8O/c1-7-41-31(27(33)28(38-41)20-9-10-20)39-14-12-22-21(16-39)30(40-15-13-24(42-6)32(4,5)17-40)35-29(34-22)25-18(2)8-11-23-26(25)19(3)36-37-23/h8,11,20,24H,7,9-10,12-17H2,1-6H3,(H,36,37). The van der Waals surface area contributed by atoms with Crippen LogP contribution in [0.4, 0.5) is 16.0 Å². The summed E-state index contributed by atoms with van der Waals surface area (Å²) in [7, 11) is 1.81. The molecule has 42 heavy (non-hydrogen) atoms. The fourth-order valence-corrected chi connectivity index (χ4v) is 7.15. The van der Waals surface area contributed by atoms with E-state index in [0.717, 1.165) is 83.0 Å². The molecular formula is C32H41FN8O. The van der Waals surface area contributed by atoms with E-state index in [1.807, 2.05) is 24.8 Å². The summed E-state index contributed by atoms with van der Waals surface area (Å²) in [4.78, 5) is 15.1. The van der Waals surface area contributed by atoms with Crippen molar-refractivity contribution >= 4 is 22.5 Å². The smallest absolute Gasteiger partial charge is 0.188 e. The van der Waals surface area contributed by atoms with Crippen molar-refractivity contribution in [3.8, 4) is 11.4 Å². The number of nitrogens with zero attached hydrogens (tertiary/aromatic N) is 7. The molecule has 1 saturated carbocycles. The van der Waals surface area contributed by atoms with Gasteiger partial charge in [-0.3, -0.25) is 5.10 Å². The number of fused-ring (bicyclic) bond motifs is 2. The highest BCUT2D eigenvalue weighted by atomic mass is 19.1. The number of aromatic nitrogens is 6. The molecule has 1 aliphatic carbocycles. The normalized spacial score (nSPS) is 20.4. The minimum atomic E-state index is -0.151. The first-order valence-electron chi connectivity index (χ1n) is 15.3. The monoisotopic (exact) mass is 572 g/mol. The third-order valence-corrected chi connectivity index (χ3v) is 9.55. The Morgan fingerprint density at radius 1 is 1.10 bits per heavy atom. The summed E-state index contributed by atoms with van der Waals surface area (Å²) < 4.78 is 23.6. The van der Waals surface area contributed by atoms with Crippen molar-refractivity contribution in [2.75, 3.05) is 36.5 Å². The fourth-order valence-electron chi connectivity index (χ4n) is 7.15. The molecule has 222 valence electrons. The Morgan fingerprint density at radius 2 is 1.90 bits per heavy atom. The topological polar surface area (TPSA) is 88.0 Å². The Morgan fingerprint density at radius 3 is 2.62 bits per heavy atom. The first-order valence-corrected chi connectivity index (χ1v) is 15.3. The molecule has 3 aromatic heterocycles. The molecule has 0 radical (unpaired) electrons. The van der Waals surface area contributed by atoms with Crippen molar-refractivity contribution in [2.24, 2.45) is 5.41 Å². The van der Waals surface area contributed by atoms with E-state index in [0.29, 0.717) is 37.6 Å². The number of nitrogens with one attached hydrogen (secondary N) is 1. The van der Waals surface area contributed by atoms with Crippen LogP contribution in [0.5, 0.6) is 0 Å². The van der Waals surface area contributed by atoms with E-state index in [1.165, 1.54) is 0 Å². The predicted molar refractivity (Wildman–Crippen MR) is 163 cm³/mol. The molecule has 10 heteroatoms. The number of hydrogen-bond donors (Lipinski definition) is 1. The van der Waals surface area contributed by atoms with Gasteiger partial charge in [-0.2, -0.15) is 10.2 Å². The fraction of sp³-hybridized carbons (Fsp3) is 0.562. The number of rotatable bonds is 6. The molecule has 5 heterocycles. The van der Waals surface area contributed by atoms with Crippen molar-refractivity contribution < 1.29 is 9.13 Å². The molecule has 1 unspecified atom stereocenters. The lowest BCUT2D eigenvalue weighted by molar-refractivity contribution is -0.00647. The number of ether oxygens (including phenoxy) is 1. The second-order valence-corrected chi connectivity index (χ2v) is 13.0. The Labute approximate surface area is 246 Å². The zero-order valence-corrected chi connectivity index (χ0v) is 25.6. The molecule has 2 fully saturated rings. The molecule has 0 bridgehead atoms. The molecule has 3 aliphatic rings. The summed E-state index contributed by atoms with van der Waals surface area (Å²) in [6.45, 7) is 14.3. The molecule has 1 saturated heterocycles. The van der Waals surface area contributed by atoms with Crippen LogP contribution < -0.4 is 9.80 Å². The third-order valence-electron chi connectivity index (χ3n) is 9.55. The van der Waals surface area contributed by atoms with Crippen LogP contribution in [0.2, 0.25) is 0 Å². The molecule has 2 aliphatic heterocycles. The molecule has 4 aromatic rings. The summed E-state index contributed by atoms with van der Waals surface area (Å²) in [5, 5.41) is 13.4. The Hall–Kier alpha value is -3.53. The SMILES string of the molecule is CCn1nc(C2CC2)c(F)c1N1CCc2nc(-c3c(C)ccc4n[nH]c(C)c34)nc(N3CCC(OC)C(C)(C)C3)c2C1.